The van der Waals surface area contributed by atoms with Gasteiger partial charge in [-0.25, -0.2) is 9.50 Å². The second-order valence-corrected chi connectivity index (χ2v) is 5.99. The molecule has 4 heteroatoms. The Balaban J connectivity index is 1.97. The van der Waals surface area contributed by atoms with E-state index < -0.39 is 0 Å². The van der Waals surface area contributed by atoms with Crippen molar-refractivity contribution in [2.24, 2.45) is 5.92 Å². The average molecular weight is 249 g/mol. The second-order valence-electron chi connectivity index (χ2n) is 4.95. The fourth-order valence-electron chi connectivity index (χ4n) is 2.79. The summed E-state index contributed by atoms with van der Waals surface area (Å²) in [6.45, 7) is 4.43. The highest BCUT2D eigenvalue weighted by Crippen LogP contribution is 2.30. The highest BCUT2D eigenvalue weighted by atomic mass is 32.1. The van der Waals surface area contributed by atoms with E-state index in [0.717, 1.165) is 23.7 Å². The largest absolute Gasteiger partial charge is 0.222 e. The van der Waals surface area contributed by atoms with Gasteiger partial charge in [0.1, 0.15) is 5.01 Å². The van der Waals surface area contributed by atoms with Gasteiger partial charge in [-0.3, -0.25) is 0 Å². The van der Waals surface area contributed by atoms with Crippen LogP contribution in [0.3, 0.4) is 0 Å². The molecule has 0 N–H and O–H groups in total. The number of imidazole rings is 1. The Morgan fingerprint density at radius 3 is 3.06 bits per heavy atom. The molecule has 1 unspecified atom stereocenters. The van der Waals surface area contributed by atoms with E-state index in [-0.39, 0.29) is 0 Å². The summed E-state index contributed by atoms with van der Waals surface area (Å²) >= 11 is 1.75. The Labute approximate surface area is 106 Å². The molecule has 1 aliphatic rings. The van der Waals surface area contributed by atoms with Gasteiger partial charge in [-0.2, -0.15) is 5.10 Å². The minimum absolute atomic E-state index is 0.846. The molecule has 0 fully saturated rings. The molecule has 2 heterocycles. The normalized spacial score (nSPS) is 19.8. The first-order chi connectivity index (χ1) is 8.31. The van der Waals surface area contributed by atoms with Gasteiger partial charge in [0.15, 0.2) is 0 Å². The molecule has 0 saturated heterocycles. The lowest BCUT2D eigenvalue weighted by Crippen LogP contribution is -2.15. The van der Waals surface area contributed by atoms with Gasteiger partial charge in [-0.05, 0) is 31.6 Å². The zero-order chi connectivity index (χ0) is 11.8. The first-order valence-electron chi connectivity index (χ1n) is 6.68. The molecule has 0 aromatic carbocycles. The van der Waals surface area contributed by atoms with Crippen molar-refractivity contribution in [3.05, 3.63) is 16.4 Å². The van der Waals surface area contributed by atoms with Gasteiger partial charge in [0.05, 0.1) is 11.4 Å². The monoisotopic (exact) mass is 249 g/mol. The molecule has 1 atom stereocenters. The lowest BCUT2D eigenvalue weighted by atomic mass is 9.87. The summed E-state index contributed by atoms with van der Waals surface area (Å²) in [6, 6.07) is 0. The van der Waals surface area contributed by atoms with Crippen LogP contribution in [0.2, 0.25) is 0 Å². The van der Waals surface area contributed by atoms with Crippen molar-refractivity contribution in [1.82, 2.24) is 14.6 Å². The predicted octanol–water partition coefficient (Wildman–Crippen LogP) is 3.26. The van der Waals surface area contributed by atoms with Crippen molar-refractivity contribution in [2.45, 2.75) is 52.4 Å². The van der Waals surface area contributed by atoms with Gasteiger partial charge in [0.2, 0.25) is 4.96 Å². The molecule has 0 radical (unpaired) electrons. The molecule has 17 heavy (non-hydrogen) atoms. The van der Waals surface area contributed by atoms with Crippen LogP contribution in [-0.4, -0.2) is 14.6 Å². The first kappa shape index (κ1) is 11.2. The van der Waals surface area contributed by atoms with E-state index in [0.29, 0.717) is 0 Å². The van der Waals surface area contributed by atoms with E-state index in [9.17, 15) is 0 Å². The summed E-state index contributed by atoms with van der Waals surface area (Å²) in [5.74, 6) is 0.846. The quantitative estimate of drug-likeness (QED) is 0.836. The maximum Gasteiger partial charge on any atom is 0.212 e. The zero-order valence-electron chi connectivity index (χ0n) is 10.6. The van der Waals surface area contributed by atoms with E-state index in [4.69, 9.17) is 4.98 Å². The molecule has 0 aliphatic heterocycles. The number of hydrogen-bond acceptors (Lipinski definition) is 3. The summed E-state index contributed by atoms with van der Waals surface area (Å²) in [6.07, 6.45) is 7.29. The van der Waals surface area contributed by atoms with E-state index in [1.54, 1.807) is 11.3 Å². The van der Waals surface area contributed by atoms with Gasteiger partial charge >= 0.3 is 0 Å². The standard InChI is InChI=1S/C13H19N3S/c1-3-5-9-6-7-10-11(8-9)16-13(14-10)17-12(4-2)15-16/h9H,3-8H2,1-2H3. The Morgan fingerprint density at radius 1 is 1.41 bits per heavy atom. The predicted molar refractivity (Wildman–Crippen MR) is 70.7 cm³/mol. The molecule has 0 bridgehead atoms. The van der Waals surface area contributed by atoms with E-state index >= 15 is 0 Å². The maximum absolute atomic E-state index is 4.74. The molecule has 0 amide bonds. The number of rotatable bonds is 3. The number of fused-ring (bicyclic) bond motifs is 3. The highest BCUT2D eigenvalue weighted by Gasteiger charge is 2.24. The van der Waals surface area contributed by atoms with E-state index in [2.05, 4.69) is 23.5 Å². The minimum Gasteiger partial charge on any atom is -0.222 e. The fraction of sp³-hybridized carbons (Fsp3) is 0.692. The first-order valence-corrected chi connectivity index (χ1v) is 7.49. The summed E-state index contributed by atoms with van der Waals surface area (Å²) < 4.78 is 2.11. The van der Waals surface area contributed by atoms with E-state index in [1.165, 1.54) is 42.1 Å². The smallest absolute Gasteiger partial charge is 0.212 e. The van der Waals surface area contributed by atoms with Gasteiger partial charge in [0.25, 0.3) is 0 Å². The SMILES string of the molecule is CCCC1CCc2nc3sc(CC)nn3c2C1. The van der Waals surface area contributed by atoms with Crippen LogP contribution in [-0.2, 0) is 19.3 Å². The van der Waals surface area contributed by atoms with Crippen LogP contribution < -0.4 is 0 Å². The van der Waals surface area contributed by atoms with Crippen molar-refractivity contribution in [3.63, 3.8) is 0 Å². The Bertz CT molecular complexity index is 526. The van der Waals surface area contributed by atoms with E-state index in [1.807, 2.05) is 0 Å². The number of aromatic nitrogens is 3. The molecule has 2 aromatic heterocycles. The Kier molecular flexibility index (Phi) is 2.90. The topological polar surface area (TPSA) is 30.2 Å². The molecular weight excluding hydrogens is 230 g/mol. The molecule has 3 nitrogen and oxygen atoms in total. The number of aryl methyl sites for hydroxylation is 2. The van der Waals surface area contributed by atoms with Crippen molar-refractivity contribution >= 4 is 16.3 Å². The van der Waals surface area contributed by atoms with Gasteiger partial charge in [-0.15, -0.1) is 0 Å². The van der Waals surface area contributed by atoms with Crippen molar-refractivity contribution < 1.29 is 0 Å². The van der Waals surface area contributed by atoms with Crippen LogP contribution in [0.25, 0.3) is 4.96 Å². The van der Waals surface area contributed by atoms with Crippen molar-refractivity contribution in [1.29, 1.82) is 0 Å². The third-order valence-corrected chi connectivity index (χ3v) is 4.74. The second kappa shape index (κ2) is 4.41. The Hall–Kier alpha value is -0.900. The average Bonchev–Trinajstić information content (AvgIpc) is 2.86. The minimum atomic E-state index is 0.846. The molecular formula is C13H19N3S. The van der Waals surface area contributed by atoms with Crippen LogP contribution in [0, 0.1) is 5.92 Å². The van der Waals surface area contributed by atoms with Crippen LogP contribution in [0.1, 0.15) is 49.5 Å². The van der Waals surface area contributed by atoms with Crippen LogP contribution in [0.5, 0.6) is 0 Å². The lowest BCUT2D eigenvalue weighted by molar-refractivity contribution is 0.412. The number of hydrogen-bond donors (Lipinski definition) is 0. The van der Waals surface area contributed by atoms with Crippen molar-refractivity contribution in [3.8, 4) is 0 Å². The summed E-state index contributed by atoms with van der Waals surface area (Å²) in [7, 11) is 0. The lowest BCUT2D eigenvalue weighted by Gasteiger charge is -2.20. The number of nitrogens with zero attached hydrogens (tertiary/aromatic N) is 3. The highest BCUT2D eigenvalue weighted by molar-refractivity contribution is 7.16. The molecule has 3 rings (SSSR count). The summed E-state index contributed by atoms with van der Waals surface area (Å²) in [4.78, 5) is 5.84. The Morgan fingerprint density at radius 2 is 2.29 bits per heavy atom. The molecule has 2 aromatic rings. The third kappa shape index (κ3) is 1.88. The molecule has 0 spiro atoms. The van der Waals surface area contributed by atoms with Crippen molar-refractivity contribution in [2.75, 3.05) is 0 Å². The zero-order valence-corrected chi connectivity index (χ0v) is 11.4. The molecule has 1 aliphatic carbocycles. The summed E-state index contributed by atoms with van der Waals surface area (Å²) in [5, 5.41) is 5.87. The maximum atomic E-state index is 4.74. The summed E-state index contributed by atoms with van der Waals surface area (Å²) in [5.41, 5.74) is 2.69. The van der Waals surface area contributed by atoms with Gasteiger partial charge in [0, 0.05) is 0 Å². The van der Waals surface area contributed by atoms with Gasteiger partial charge < -0.3 is 0 Å². The molecule has 0 saturated carbocycles. The van der Waals surface area contributed by atoms with Crippen LogP contribution >= 0.6 is 11.3 Å². The van der Waals surface area contributed by atoms with Crippen LogP contribution in [0.15, 0.2) is 0 Å². The third-order valence-electron chi connectivity index (χ3n) is 3.69. The fourth-order valence-corrected chi connectivity index (χ4v) is 3.66. The van der Waals surface area contributed by atoms with Crippen LogP contribution in [0.4, 0.5) is 0 Å². The molecule has 92 valence electrons. The van der Waals surface area contributed by atoms with Gasteiger partial charge in [-0.1, -0.05) is 38.0 Å².